The number of nitrogens with zero attached hydrogens (tertiary/aromatic N) is 1. The number of hydrogen-bond donors (Lipinski definition) is 2. The minimum Gasteiger partial charge on any atom is -0.349 e. The molecule has 2 aliphatic carbocycles. The highest BCUT2D eigenvalue weighted by Crippen LogP contribution is 2.29. The number of H-pyrrole nitrogens is 1. The number of imidazole rings is 1. The van der Waals surface area contributed by atoms with Crippen LogP contribution in [0.5, 0.6) is 0 Å². The molecule has 0 spiro atoms. The lowest BCUT2D eigenvalue weighted by Gasteiger charge is -2.22. The third-order valence-electron chi connectivity index (χ3n) is 5.61. The van der Waals surface area contributed by atoms with Crippen molar-refractivity contribution in [3.8, 4) is 0 Å². The van der Waals surface area contributed by atoms with Crippen LogP contribution in [0.3, 0.4) is 0 Å². The number of nitrogens with one attached hydrogen (secondary N) is 2. The second kappa shape index (κ2) is 6.46. The monoisotopic (exact) mass is 327 g/mol. The van der Waals surface area contributed by atoms with E-state index in [1.165, 1.54) is 32.1 Å². The lowest BCUT2D eigenvalue weighted by atomic mass is 9.95. The van der Waals surface area contributed by atoms with Gasteiger partial charge in [0.25, 0.3) is 5.91 Å². The van der Waals surface area contributed by atoms with Crippen molar-refractivity contribution in [1.29, 1.82) is 0 Å². The van der Waals surface area contributed by atoms with Crippen molar-refractivity contribution in [1.82, 2.24) is 14.9 Å². The van der Waals surface area contributed by atoms with Gasteiger partial charge in [0.1, 0.15) is 0 Å². The highest BCUT2D eigenvalue weighted by molar-refractivity contribution is 5.97. The van der Waals surface area contributed by atoms with Crippen LogP contribution in [-0.4, -0.2) is 21.5 Å². The zero-order valence-corrected chi connectivity index (χ0v) is 14.0. The van der Waals surface area contributed by atoms with Gasteiger partial charge in [0, 0.05) is 17.6 Å². The fourth-order valence-electron chi connectivity index (χ4n) is 4.31. The van der Waals surface area contributed by atoms with E-state index in [2.05, 4.69) is 10.3 Å². The first-order valence-corrected chi connectivity index (χ1v) is 9.27. The van der Waals surface area contributed by atoms with Gasteiger partial charge in [0.05, 0.1) is 11.0 Å². The second-order valence-corrected chi connectivity index (χ2v) is 7.28. The van der Waals surface area contributed by atoms with Gasteiger partial charge in [0.2, 0.25) is 0 Å². The van der Waals surface area contributed by atoms with Gasteiger partial charge < -0.3 is 10.3 Å². The van der Waals surface area contributed by atoms with Crippen LogP contribution in [0.1, 0.15) is 74.2 Å². The minimum atomic E-state index is -0.0507. The van der Waals surface area contributed by atoms with Crippen LogP contribution in [0.15, 0.2) is 23.0 Å². The normalized spacial score (nSPS) is 19.8. The summed E-state index contributed by atoms with van der Waals surface area (Å²) in [4.78, 5) is 27.8. The van der Waals surface area contributed by atoms with Crippen molar-refractivity contribution in [3.05, 3.63) is 34.2 Å². The molecule has 5 heteroatoms. The Bertz CT molecular complexity index is 793. The molecule has 0 aliphatic heterocycles. The summed E-state index contributed by atoms with van der Waals surface area (Å²) < 4.78 is 1.90. The number of amides is 1. The molecular weight excluding hydrogens is 302 g/mol. The van der Waals surface area contributed by atoms with E-state index in [0.29, 0.717) is 11.6 Å². The Balaban J connectivity index is 1.61. The van der Waals surface area contributed by atoms with Gasteiger partial charge in [-0.2, -0.15) is 0 Å². The Hall–Kier alpha value is -2.04. The molecule has 0 unspecified atom stereocenters. The molecule has 128 valence electrons. The standard InChI is InChI=1S/C19H25N3O2/c23-18(20-14-6-4-5-7-14)13-10-11-17-16(12-13)21-19(24)22(17)15-8-2-1-3-9-15/h10-12,14-15H,1-9H2,(H,20,23)(H,21,24). The Labute approximate surface area is 141 Å². The molecule has 5 nitrogen and oxygen atoms in total. The first-order chi connectivity index (χ1) is 11.7. The maximum Gasteiger partial charge on any atom is 0.326 e. The lowest BCUT2D eigenvalue weighted by molar-refractivity contribution is 0.0938. The van der Waals surface area contributed by atoms with E-state index in [-0.39, 0.29) is 17.6 Å². The van der Waals surface area contributed by atoms with Gasteiger partial charge in [-0.3, -0.25) is 9.36 Å². The maximum atomic E-state index is 12.4. The second-order valence-electron chi connectivity index (χ2n) is 7.28. The number of hydrogen-bond acceptors (Lipinski definition) is 2. The SMILES string of the molecule is O=C(NC1CCCC1)c1ccc2c(c1)[nH]c(=O)n2C1CCCCC1. The molecule has 1 aromatic heterocycles. The van der Waals surface area contributed by atoms with E-state index < -0.39 is 0 Å². The topological polar surface area (TPSA) is 66.9 Å². The first kappa shape index (κ1) is 15.5. The lowest BCUT2D eigenvalue weighted by Crippen LogP contribution is -2.32. The molecule has 4 rings (SSSR count). The fourth-order valence-corrected chi connectivity index (χ4v) is 4.31. The molecule has 24 heavy (non-hydrogen) atoms. The van der Waals surface area contributed by atoms with Crippen molar-refractivity contribution >= 4 is 16.9 Å². The molecule has 2 aliphatic rings. The zero-order chi connectivity index (χ0) is 16.5. The third-order valence-corrected chi connectivity index (χ3v) is 5.61. The predicted molar refractivity (Wildman–Crippen MR) is 94.4 cm³/mol. The van der Waals surface area contributed by atoms with Crippen LogP contribution in [-0.2, 0) is 0 Å². The molecule has 1 aromatic carbocycles. The summed E-state index contributed by atoms with van der Waals surface area (Å²) >= 11 is 0. The van der Waals surface area contributed by atoms with Gasteiger partial charge in [-0.15, -0.1) is 0 Å². The van der Waals surface area contributed by atoms with Crippen molar-refractivity contribution in [2.75, 3.05) is 0 Å². The Kier molecular flexibility index (Phi) is 4.17. The number of carbonyl (C=O) groups is 1. The fraction of sp³-hybridized carbons (Fsp3) is 0.579. The van der Waals surface area contributed by atoms with Gasteiger partial charge in [0.15, 0.2) is 0 Å². The van der Waals surface area contributed by atoms with E-state index in [0.717, 1.165) is 36.7 Å². The molecule has 2 N–H and O–H groups in total. The number of rotatable bonds is 3. The summed E-state index contributed by atoms with van der Waals surface area (Å²) in [7, 11) is 0. The summed E-state index contributed by atoms with van der Waals surface area (Å²) in [6.07, 6.45) is 10.3. The number of carbonyl (C=O) groups excluding carboxylic acids is 1. The van der Waals surface area contributed by atoms with E-state index in [1.807, 2.05) is 22.8 Å². The Morgan fingerprint density at radius 1 is 1.04 bits per heavy atom. The summed E-state index contributed by atoms with van der Waals surface area (Å²) in [5.74, 6) is -0.0323. The van der Waals surface area contributed by atoms with Gasteiger partial charge in [-0.1, -0.05) is 32.1 Å². The van der Waals surface area contributed by atoms with E-state index in [4.69, 9.17) is 0 Å². The van der Waals surface area contributed by atoms with Crippen LogP contribution in [0, 0.1) is 0 Å². The number of benzene rings is 1. The number of aromatic amines is 1. The van der Waals surface area contributed by atoms with Crippen LogP contribution in [0.2, 0.25) is 0 Å². The van der Waals surface area contributed by atoms with Gasteiger partial charge >= 0.3 is 5.69 Å². The molecule has 1 amide bonds. The van der Waals surface area contributed by atoms with Crippen LogP contribution < -0.4 is 11.0 Å². The first-order valence-electron chi connectivity index (χ1n) is 9.27. The highest BCUT2D eigenvalue weighted by Gasteiger charge is 2.21. The average Bonchev–Trinajstić information content (AvgIpc) is 3.21. The number of aromatic nitrogens is 2. The molecule has 0 bridgehead atoms. The molecule has 1 heterocycles. The van der Waals surface area contributed by atoms with Gasteiger partial charge in [-0.25, -0.2) is 4.79 Å². The summed E-state index contributed by atoms with van der Waals surface area (Å²) in [5, 5.41) is 3.11. The maximum absolute atomic E-state index is 12.4. The molecule has 0 radical (unpaired) electrons. The summed E-state index contributed by atoms with van der Waals surface area (Å²) in [6.45, 7) is 0. The molecule has 2 aromatic rings. The van der Waals surface area contributed by atoms with Crippen LogP contribution in [0.25, 0.3) is 11.0 Å². The summed E-state index contributed by atoms with van der Waals surface area (Å²) in [5.41, 5.74) is 2.27. The smallest absolute Gasteiger partial charge is 0.326 e. The molecule has 0 atom stereocenters. The van der Waals surface area contributed by atoms with E-state index in [9.17, 15) is 9.59 Å². The van der Waals surface area contributed by atoms with Crippen molar-refractivity contribution < 1.29 is 4.79 Å². The van der Waals surface area contributed by atoms with E-state index in [1.54, 1.807) is 0 Å². The quantitative estimate of drug-likeness (QED) is 0.906. The molecule has 2 saturated carbocycles. The molecular formula is C19H25N3O2. The van der Waals surface area contributed by atoms with Crippen LogP contribution in [0.4, 0.5) is 0 Å². The van der Waals surface area contributed by atoms with Gasteiger partial charge in [-0.05, 0) is 43.9 Å². The largest absolute Gasteiger partial charge is 0.349 e. The zero-order valence-electron chi connectivity index (χ0n) is 14.0. The Morgan fingerprint density at radius 3 is 2.50 bits per heavy atom. The average molecular weight is 327 g/mol. The third kappa shape index (κ3) is 2.87. The molecule has 2 fully saturated rings. The predicted octanol–water partition coefficient (Wildman–Crippen LogP) is 3.51. The van der Waals surface area contributed by atoms with Crippen molar-refractivity contribution in [3.63, 3.8) is 0 Å². The highest BCUT2D eigenvalue weighted by atomic mass is 16.2. The Morgan fingerprint density at radius 2 is 1.75 bits per heavy atom. The number of fused-ring (bicyclic) bond motifs is 1. The minimum absolute atomic E-state index is 0.0323. The summed E-state index contributed by atoms with van der Waals surface area (Å²) in [6, 6.07) is 6.18. The van der Waals surface area contributed by atoms with Crippen molar-refractivity contribution in [2.45, 2.75) is 69.9 Å². The van der Waals surface area contributed by atoms with Crippen molar-refractivity contribution in [2.24, 2.45) is 0 Å². The van der Waals surface area contributed by atoms with Crippen LogP contribution >= 0.6 is 0 Å². The van der Waals surface area contributed by atoms with E-state index >= 15 is 0 Å². The molecule has 0 saturated heterocycles.